The first-order valence-corrected chi connectivity index (χ1v) is 8.80. The van der Waals surface area contributed by atoms with Gasteiger partial charge < -0.3 is 14.3 Å². The summed E-state index contributed by atoms with van der Waals surface area (Å²) in [5.74, 6) is 1.86. The van der Waals surface area contributed by atoms with Crippen molar-refractivity contribution in [3.05, 3.63) is 18.2 Å². The van der Waals surface area contributed by atoms with Crippen LogP contribution in [0.25, 0.3) is 0 Å². The zero-order chi connectivity index (χ0) is 15.2. The molecule has 3 heterocycles. The number of hydrogen-bond acceptors (Lipinski definition) is 4. The first kappa shape index (κ1) is 12.6. The van der Waals surface area contributed by atoms with Crippen LogP contribution in [0.2, 0.25) is 0 Å². The highest BCUT2D eigenvalue weighted by atomic mass is 16.7. The molecule has 1 aromatic rings. The van der Waals surface area contributed by atoms with Gasteiger partial charge in [-0.25, -0.2) is 4.98 Å². The average Bonchev–Trinajstić information content (AvgIpc) is 3.50. The van der Waals surface area contributed by atoms with Crippen molar-refractivity contribution in [2.24, 2.45) is 22.9 Å². The maximum atomic E-state index is 12.6. The van der Waals surface area contributed by atoms with E-state index in [1.165, 1.54) is 18.6 Å². The van der Waals surface area contributed by atoms with Crippen LogP contribution in [0.15, 0.2) is 17.7 Å². The summed E-state index contributed by atoms with van der Waals surface area (Å²) in [5.41, 5.74) is 1.97. The Hall–Kier alpha value is -1.85. The fourth-order valence-electron chi connectivity index (χ4n) is 4.50. The third-order valence-corrected chi connectivity index (χ3v) is 6.32. The number of oxime groups is 1. The standard InChI is InChI=1S/C17H20N4O2/c22-16(14-8-21(9-18-14)10-1-2-10)20-6-11-12(7-20)15(11)13-5-17(3-4-17)23-19-13/h8-12,15H,1-7H2/t11-,12+,15?. The maximum Gasteiger partial charge on any atom is 0.274 e. The third kappa shape index (κ3) is 1.83. The van der Waals surface area contributed by atoms with Crippen LogP contribution >= 0.6 is 0 Å². The molecule has 0 aromatic carbocycles. The van der Waals surface area contributed by atoms with E-state index in [2.05, 4.69) is 14.7 Å². The van der Waals surface area contributed by atoms with E-state index in [4.69, 9.17) is 4.84 Å². The Morgan fingerprint density at radius 1 is 1.26 bits per heavy atom. The molecule has 120 valence electrons. The zero-order valence-corrected chi connectivity index (χ0v) is 13.0. The summed E-state index contributed by atoms with van der Waals surface area (Å²) in [5, 5.41) is 4.35. The van der Waals surface area contributed by atoms with Crippen LogP contribution < -0.4 is 0 Å². The Morgan fingerprint density at radius 3 is 2.70 bits per heavy atom. The minimum absolute atomic E-state index is 0.0946. The molecule has 6 heteroatoms. The first-order chi connectivity index (χ1) is 11.2. The van der Waals surface area contributed by atoms with E-state index >= 15 is 0 Å². The van der Waals surface area contributed by atoms with Gasteiger partial charge in [-0.1, -0.05) is 5.16 Å². The van der Waals surface area contributed by atoms with Crippen LogP contribution in [-0.2, 0) is 4.84 Å². The van der Waals surface area contributed by atoms with Gasteiger partial charge in [-0.15, -0.1) is 0 Å². The van der Waals surface area contributed by atoms with E-state index in [1.807, 2.05) is 17.4 Å². The van der Waals surface area contributed by atoms with Gasteiger partial charge in [0.2, 0.25) is 0 Å². The molecule has 1 aromatic heterocycles. The lowest BCUT2D eigenvalue weighted by molar-refractivity contribution is 0.0650. The number of likely N-dealkylation sites (tertiary alicyclic amines) is 1. The van der Waals surface area contributed by atoms with Crippen LogP contribution in [0.4, 0.5) is 0 Å². The molecular weight excluding hydrogens is 292 g/mol. The number of fused-ring (bicyclic) bond motifs is 1. The van der Waals surface area contributed by atoms with Gasteiger partial charge in [0.1, 0.15) is 11.3 Å². The molecule has 3 saturated carbocycles. The number of amides is 1. The molecule has 4 fully saturated rings. The van der Waals surface area contributed by atoms with Gasteiger partial charge in [0, 0.05) is 37.7 Å². The minimum Gasteiger partial charge on any atom is -0.389 e. The van der Waals surface area contributed by atoms with Crippen LogP contribution in [0, 0.1) is 17.8 Å². The highest BCUT2D eigenvalue weighted by Crippen LogP contribution is 2.57. The Bertz CT molecular complexity index is 719. The fourth-order valence-corrected chi connectivity index (χ4v) is 4.50. The number of aromatic nitrogens is 2. The molecule has 5 aliphatic rings. The highest BCUT2D eigenvalue weighted by molar-refractivity contribution is 5.94. The molecule has 23 heavy (non-hydrogen) atoms. The molecule has 0 radical (unpaired) electrons. The van der Waals surface area contributed by atoms with Gasteiger partial charge in [0.25, 0.3) is 5.91 Å². The number of rotatable bonds is 3. The number of carbonyl (C=O) groups excluding carboxylic acids is 1. The van der Waals surface area contributed by atoms with E-state index in [0.29, 0.717) is 29.5 Å². The molecule has 0 bridgehead atoms. The van der Waals surface area contributed by atoms with Crippen LogP contribution in [0.5, 0.6) is 0 Å². The Kier molecular flexibility index (Phi) is 2.17. The summed E-state index contributed by atoms with van der Waals surface area (Å²) in [4.78, 5) is 24.5. The first-order valence-electron chi connectivity index (χ1n) is 8.80. The Balaban J connectivity index is 1.11. The van der Waals surface area contributed by atoms with Gasteiger partial charge in [0.05, 0.1) is 12.0 Å². The lowest BCUT2D eigenvalue weighted by atomic mass is 10.0. The molecule has 3 atom stereocenters. The van der Waals surface area contributed by atoms with Crippen LogP contribution in [0.3, 0.4) is 0 Å². The maximum absolute atomic E-state index is 12.6. The van der Waals surface area contributed by atoms with Crippen molar-refractivity contribution in [2.45, 2.75) is 43.7 Å². The lowest BCUT2D eigenvalue weighted by Gasteiger charge is -2.18. The predicted octanol–water partition coefficient (Wildman–Crippen LogP) is 1.84. The predicted molar refractivity (Wildman–Crippen MR) is 82.0 cm³/mol. The van der Waals surface area contributed by atoms with Crippen molar-refractivity contribution >= 4 is 11.6 Å². The number of hydrogen-bond donors (Lipinski definition) is 0. The second-order valence-electron chi connectivity index (χ2n) is 8.03. The van der Waals surface area contributed by atoms with Gasteiger partial charge in [-0.05, 0) is 37.5 Å². The second-order valence-corrected chi connectivity index (χ2v) is 8.03. The summed E-state index contributed by atoms with van der Waals surface area (Å²) < 4.78 is 2.09. The van der Waals surface area contributed by atoms with Crippen molar-refractivity contribution in [3.63, 3.8) is 0 Å². The van der Waals surface area contributed by atoms with E-state index in [-0.39, 0.29) is 11.5 Å². The van der Waals surface area contributed by atoms with Crippen molar-refractivity contribution in [1.82, 2.24) is 14.5 Å². The molecular formula is C17H20N4O2. The van der Waals surface area contributed by atoms with E-state index in [0.717, 1.165) is 32.4 Å². The largest absolute Gasteiger partial charge is 0.389 e. The summed E-state index contributed by atoms with van der Waals surface area (Å²) >= 11 is 0. The zero-order valence-electron chi connectivity index (χ0n) is 13.0. The molecule has 6 rings (SSSR count). The van der Waals surface area contributed by atoms with Crippen LogP contribution in [0.1, 0.15) is 48.6 Å². The lowest BCUT2D eigenvalue weighted by Crippen LogP contribution is -2.32. The van der Waals surface area contributed by atoms with Crippen molar-refractivity contribution < 1.29 is 9.63 Å². The fraction of sp³-hybridized carbons (Fsp3) is 0.706. The number of imidazole rings is 1. The summed E-state index contributed by atoms with van der Waals surface area (Å²) in [7, 11) is 0. The van der Waals surface area contributed by atoms with E-state index in [1.54, 1.807) is 0 Å². The number of piperidine rings is 1. The molecule has 1 amide bonds. The van der Waals surface area contributed by atoms with Crippen molar-refractivity contribution in [3.8, 4) is 0 Å². The van der Waals surface area contributed by atoms with Crippen molar-refractivity contribution in [1.29, 1.82) is 0 Å². The monoisotopic (exact) mass is 312 g/mol. The Morgan fingerprint density at radius 2 is 2.04 bits per heavy atom. The van der Waals surface area contributed by atoms with E-state index < -0.39 is 0 Å². The van der Waals surface area contributed by atoms with Crippen molar-refractivity contribution in [2.75, 3.05) is 13.1 Å². The SMILES string of the molecule is O=C(c1cn(C2CC2)cn1)N1C[C@@H]2C(C3=NOC4(CC4)C3)[C@@H]2C1. The van der Waals surface area contributed by atoms with Gasteiger partial charge in [-0.3, -0.25) is 4.79 Å². The quantitative estimate of drug-likeness (QED) is 0.856. The minimum atomic E-state index is 0.0946. The Labute approximate surface area is 134 Å². The topological polar surface area (TPSA) is 59.7 Å². The third-order valence-electron chi connectivity index (χ3n) is 6.32. The van der Waals surface area contributed by atoms with Gasteiger partial charge in [-0.2, -0.15) is 0 Å². The molecule has 0 N–H and O–H groups in total. The highest BCUT2D eigenvalue weighted by Gasteiger charge is 2.62. The molecule has 6 nitrogen and oxygen atoms in total. The molecule has 1 spiro atoms. The normalized spacial score (nSPS) is 35.9. The molecule has 1 saturated heterocycles. The van der Waals surface area contributed by atoms with Crippen LogP contribution in [-0.4, -0.2) is 44.8 Å². The summed E-state index contributed by atoms with van der Waals surface area (Å²) in [6.45, 7) is 1.72. The number of nitrogens with zero attached hydrogens (tertiary/aromatic N) is 4. The molecule has 1 unspecified atom stereocenters. The van der Waals surface area contributed by atoms with Gasteiger partial charge >= 0.3 is 0 Å². The smallest absolute Gasteiger partial charge is 0.274 e. The second kappa shape index (κ2) is 3.97. The van der Waals surface area contributed by atoms with Gasteiger partial charge in [0.15, 0.2) is 0 Å². The number of carbonyl (C=O) groups is 1. The average molecular weight is 312 g/mol. The summed E-state index contributed by atoms with van der Waals surface area (Å²) in [6.07, 6.45) is 9.52. The molecule has 2 aliphatic heterocycles. The molecule has 3 aliphatic carbocycles. The summed E-state index contributed by atoms with van der Waals surface area (Å²) in [6, 6.07) is 0.579. The van der Waals surface area contributed by atoms with E-state index in [9.17, 15) is 4.79 Å².